The Balaban J connectivity index is 3.37. The van der Waals surface area contributed by atoms with Crippen LogP contribution in [0.25, 0.3) is 0 Å². The van der Waals surface area contributed by atoms with Gasteiger partial charge in [0.15, 0.2) is 0 Å². The van der Waals surface area contributed by atoms with Crippen molar-refractivity contribution in [1.29, 1.82) is 0 Å². The molecule has 3 N–H and O–H groups in total. The first-order valence-electron chi connectivity index (χ1n) is 42.6. The van der Waals surface area contributed by atoms with Crippen molar-refractivity contribution in [1.82, 2.24) is 5.32 Å². The first-order chi connectivity index (χ1) is 46.5. The molecule has 0 rings (SSSR count). The van der Waals surface area contributed by atoms with Gasteiger partial charge in [0.25, 0.3) is 0 Å². The molecule has 0 aliphatic rings. The molecule has 0 aromatic carbocycles. The Labute approximate surface area is 588 Å². The van der Waals surface area contributed by atoms with Crippen LogP contribution >= 0.6 is 0 Å². The van der Waals surface area contributed by atoms with Gasteiger partial charge in [0.1, 0.15) is 0 Å². The molecule has 0 saturated heterocycles. The Morgan fingerprint density at radius 1 is 0.298 bits per heavy atom. The summed E-state index contributed by atoms with van der Waals surface area (Å²) in [6.07, 6.45) is 112. The lowest BCUT2D eigenvalue weighted by Gasteiger charge is -2.20. The number of esters is 1. The highest BCUT2D eigenvalue weighted by Gasteiger charge is 2.18. The van der Waals surface area contributed by atoms with Crippen molar-refractivity contribution < 1.29 is 24.5 Å². The lowest BCUT2D eigenvalue weighted by atomic mass is 10.0. The number of aliphatic hydroxyl groups excluding tert-OH is 2. The first kappa shape index (κ1) is 91.6. The van der Waals surface area contributed by atoms with Gasteiger partial charge in [0, 0.05) is 12.8 Å². The summed E-state index contributed by atoms with van der Waals surface area (Å²) >= 11 is 0. The van der Waals surface area contributed by atoms with Crippen LogP contribution in [-0.2, 0) is 14.3 Å². The van der Waals surface area contributed by atoms with E-state index in [1.54, 1.807) is 6.08 Å². The fourth-order valence-electron chi connectivity index (χ4n) is 13.3. The molecule has 0 fully saturated rings. The van der Waals surface area contributed by atoms with E-state index in [2.05, 4.69) is 67.8 Å². The molecule has 1 amide bonds. The maximum atomic E-state index is 12.6. The van der Waals surface area contributed by atoms with E-state index in [0.29, 0.717) is 19.4 Å². The van der Waals surface area contributed by atoms with Crippen LogP contribution in [0.3, 0.4) is 0 Å². The fourth-order valence-corrected chi connectivity index (χ4v) is 13.3. The molecule has 0 aliphatic heterocycles. The summed E-state index contributed by atoms with van der Waals surface area (Å²) in [7, 11) is 0. The third kappa shape index (κ3) is 78.6. The van der Waals surface area contributed by atoms with Crippen LogP contribution in [0, 0.1) is 0 Å². The number of rotatable bonds is 80. The van der Waals surface area contributed by atoms with Crippen LogP contribution in [0.15, 0.2) is 60.8 Å². The average molecular weight is 1320 g/mol. The molecule has 2 unspecified atom stereocenters. The second-order valence-electron chi connectivity index (χ2n) is 29.2. The smallest absolute Gasteiger partial charge is 0.305 e. The first-order valence-corrected chi connectivity index (χ1v) is 42.6. The van der Waals surface area contributed by atoms with E-state index in [1.165, 1.54) is 379 Å². The third-order valence-electron chi connectivity index (χ3n) is 19.8. The maximum absolute atomic E-state index is 12.6. The van der Waals surface area contributed by atoms with Gasteiger partial charge in [-0.3, -0.25) is 9.59 Å². The highest BCUT2D eigenvalue weighted by atomic mass is 16.5. The Hall–Kier alpha value is -2.44. The zero-order valence-electron chi connectivity index (χ0n) is 63.5. The minimum atomic E-state index is -0.844. The lowest BCUT2D eigenvalue weighted by Crippen LogP contribution is -2.45. The number of amides is 1. The van der Waals surface area contributed by atoms with E-state index in [0.717, 1.165) is 57.8 Å². The van der Waals surface area contributed by atoms with E-state index in [1.807, 2.05) is 6.08 Å². The molecule has 2 atom stereocenters. The van der Waals surface area contributed by atoms with Gasteiger partial charge in [-0.05, 0) is 96.3 Å². The zero-order valence-corrected chi connectivity index (χ0v) is 63.5. The van der Waals surface area contributed by atoms with Crippen LogP contribution in [0.1, 0.15) is 463 Å². The summed E-state index contributed by atoms with van der Waals surface area (Å²) in [6, 6.07) is -0.627. The SMILES string of the molecule is CCCCC/C=C\C/C=C\CCCCCCCCCC(=O)OCCCCCCCCCCCCCCCCC/C=C\C/C=C\CCCCCCCCCCCCCCCCCCCC(=O)NC(CO)C(O)/C=C/CCCCCCCCCCCCCCCCCCCCC. The molecular formula is C88H165NO5. The van der Waals surface area contributed by atoms with Crippen molar-refractivity contribution in [3.63, 3.8) is 0 Å². The summed E-state index contributed by atoms with van der Waals surface area (Å²) in [5, 5.41) is 23.3. The highest BCUT2D eigenvalue weighted by molar-refractivity contribution is 5.76. The summed E-state index contributed by atoms with van der Waals surface area (Å²) in [5.41, 5.74) is 0. The Bertz CT molecular complexity index is 1620. The van der Waals surface area contributed by atoms with Gasteiger partial charge in [-0.2, -0.15) is 0 Å². The number of carbonyl (C=O) groups excluding carboxylic acids is 2. The van der Waals surface area contributed by atoms with Crippen molar-refractivity contribution >= 4 is 11.9 Å². The van der Waals surface area contributed by atoms with Crippen molar-refractivity contribution in [2.45, 2.75) is 475 Å². The molecule has 6 heteroatoms. The average Bonchev–Trinajstić information content (AvgIpc) is 3.55. The normalized spacial score (nSPS) is 12.8. The van der Waals surface area contributed by atoms with E-state index in [4.69, 9.17) is 4.74 Å². The van der Waals surface area contributed by atoms with E-state index in [9.17, 15) is 19.8 Å². The quantitative estimate of drug-likeness (QED) is 0.0320. The number of allylic oxidation sites excluding steroid dienone is 9. The molecule has 0 heterocycles. The van der Waals surface area contributed by atoms with Gasteiger partial charge in [-0.1, -0.05) is 415 Å². The Morgan fingerprint density at radius 3 is 0.830 bits per heavy atom. The van der Waals surface area contributed by atoms with Crippen LogP contribution in [0.5, 0.6) is 0 Å². The van der Waals surface area contributed by atoms with Crippen LogP contribution < -0.4 is 5.32 Å². The van der Waals surface area contributed by atoms with Crippen molar-refractivity contribution in [2.75, 3.05) is 13.2 Å². The van der Waals surface area contributed by atoms with Gasteiger partial charge >= 0.3 is 5.97 Å². The monoisotopic (exact) mass is 1320 g/mol. The van der Waals surface area contributed by atoms with E-state index in [-0.39, 0.29) is 18.5 Å². The van der Waals surface area contributed by atoms with Crippen molar-refractivity contribution in [3.05, 3.63) is 60.8 Å². The Kier molecular flexibility index (Phi) is 80.8. The highest BCUT2D eigenvalue weighted by Crippen LogP contribution is 2.20. The largest absolute Gasteiger partial charge is 0.466 e. The molecule has 0 aromatic heterocycles. The van der Waals surface area contributed by atoms with Gasteiger partial charge < -0.3 is 20.3 Å². The number of nitrogens with one attached hydrogen (secondary N) is 1. The second-order valence-corrected chi connectivity index (χ2v) is 29.2. The number of aliphatic hydroxyl groups is 2. The van der Waals surface area contributed by atoms with E-state index < -0.39 is 12.1 Å². The predicted octanol–water partition coefficient (Wildman–Crippen LogP) is 28.5. The molecule has 0 aliphatic carbocycles. The molecule has 552 valence electrons. The number of unbranched alkanes of at least 4 members (excludes halogenated alkanes) is 61. The number of ether oxygens (including phenoxy) is 1. The molecule has 0 aromatic rings. The van der Waals surface area contributed by atoms with Gasteiger partial charge in [-0.15, -0.1) is 0 Å². The molecular weight excluding hydrogens is 1150 g/mol. The van der Waals surface area contributed by atoms with Gasteiger partial charge in [-0.25, -0.2) is 0 Å². The Morgan fingerprint density at radius 2 is 0.532 bits per heavy atom. The molecule has 0 spiro atoms. The fraction of sp³-hybridized carbons (Fsp3) is 0.864. The zero-order chi connectivity index (χ0) is 67.7. The second kappa shape index (κ2) is 83.0. The lowest BCUT2D eigenvalue weighted by molar-refractivity contribution is -0.143. The van der Waals surface area contributed by atoms with E-state index >= 15 is 0 Å². The molecule has 0 saturated carbocycles. The minimum Gasteiger partial charge on any atom is -0.466 e. The molecule has 0 bridgehead atoms. The van der Waals surface area contributed by atoms with Gasteiger partial charge in [0.2, 0.25) is 5.91 Å². The molecule has 94 heavy (non-hydrogen) atoms. The van der Waals surface area contributed by atoms with Crippen LogP contribution in [0.4, 0.5) is 0 Å². The minimum absolute atomic E-state index is 0.0127. The summed E-state index contributed by atoms with van der Waals surface area (Å²) in [4.78, 5) is 24.7. The number of hydrogen-bond acceptors (Lipinski definition) is 5. The van der Waals surface area contributed by atoms with Crippen LogP contribution in [-0.4, -0.2) is 47.4 Å². The summed E-state index contributed by atoms with van der Waals surface area (Å²) in [5.74, 6) is -0.0479. The summed E-state index contributed by atoms with van der Waals surface area (Å²) in [6.45, 7) is 4.92. The third-order valence-corrected chi connectivity index (χ3v) is 19.8. The van der Waals surface area contributed by atoms with Crippen molar-refractivity contribution in [2.24, 2.45) is 0 Å². The predicted molar refractivity (Wildman–Crippen MR) is 416 cm³/mol. The maximum Gasteiger partial charge on any atom is 0.305 e. The molecule has 6 nitrogen and oxygen atoms in total. The number of hydrogen-bond donors (Lipinski definition) is 3. The molecule has 0 radical (unpaired) electrons. The standard InChI is InChI=1S/C88H165NO5/c1-3-5-7-9-11-13-15-17-19-21-22-42-45-49-52-56-60-64-68-72-76-80-86(91)85(84-90)89-87(92)81-77-73-69-65-61-57-53-50-46-43-40-38-36-34-32-30-28-26-24-23-25-27-29-31-33-35-37-39-41-44-47-51-55-59-63-67-71-75-79-83-94-88(93)82-78-74-70-66-62-58-54-48-20-18-16-14-12-10-8-6-4-2/h12,14,18,20,23-24,27,29,76,80,85-86,90-91H,3-11,13,15-17,19,21-22,25-26,28,30-75,77-79,81-84H2,1-2H3,(H,89,92)/b14-12-,20-18-,24-23-,29-27-,80-76+. The van der Waals surface area contributed by atoms with Crippen LogP contribution in [0.2, 0.25) is 0 Å². The summed E-state index contributed by atoms with van der Waals surface area (Å²) < 4.78 is 5.51. The topological polar surface area (TPSA) is 95.9 Å². The van der Waals surface area contributed by atoms with Gasteiger partial charge in [0.05, 0.1) is 25.4 Å². The number of carbonyl (C=O) groups is 2. The van der Waals surface area contributed by atoms with Crippen molar-refractivity contribution in [3.8, 4) is 0 Å².